The zero-order valence-electron chi connectivity index (χ0n) is 14.2. The lowest BCUT2D eigenvalue weighted by Crippen LogP contribution is -1.91. The third-order valence-electron chi connectivity index (χ3n) is 5.00. The van der Waals surface area contributed by atoms with Crippen LogP contribution in [0.15, 0.2) is 91.0 Å². The maximum atomic E-state index is 6.27. The second-order valence-corrected chi connectivity index (χ2v) is 6.53. The predicted molar refractivity (Wildman–Crippen MR) is 111 cm³/mol. The molecule has 0 amide bonds. The molecule has 0 fully saturated rings. The molecule has 4 aromatic carbocycles. The van der Waals surface area contributed by atoms with Crippen molar-refractivity contribution in [1.29, 1.82) is 0 Å². The highest BCUT2D eigenvalue weighted by Crippen LogP contribution is 2.40. The van der Waals surface area contributed by atoms with Crippen molar-refractivity contribution in [2.45, 2.75) is 0 Å². The summed E-state index contributed by atoms with van der Waals surface area (Å²) in [6, 6.07) is 31.4. The van der Waals surface area contributed by atoms with Crippen LogP contribution in [0.3, 0.4) is 0 Å². The first-order valence-electron chi connectivity index (χ1n) is 8.76. The molecule has 5 aromatic rings. The Morgan fingerprint density at radius 3 is 2.12 bits per heavy atom. The maximum absolute atomic E-state index is 6.27. The molecular formula is C24H18N2. The molecule has 0 aliphatic rings. The van der Waals surface area contributed by atoms with E-state index < -0.39 is 0 Å². The number of hydrogen-bond donors (Lipinski definition) is 2. The topological polar surface area (TPSA) is 41.8 Å². The minimum atomic E-state index is 0.792. The summed E-state index contributed by atoms with van der Waals surface area (Å²) in [6.45, 7) is 0. The summed E-state index contributed by atoms with van der Waals surface area (Å²) >= 11 is 0. The fourth-order valence-corrected chi connectivity index (χ4v) is 3.78. The summed E-state index contributed by atoms with van der Waals surface area (Å²) in [6.07, 6.45) is 0. The quantitative estimate of drug-likeness (QED) is 0.369. The number of para-hydroxylation sites is 2. The van der Waals surface area contributed by atoms with Gasteiger partial charge in [0.2, 0.25) is 0 Å². The summed E-state index contributed by atoms with van der Waals surface area (Å²) in [5.41, 5.74) is 14.0. The highest BCUT2D eigenvalue weighted by atomic mass is 14.7. The van der Waals surface area contributed by atoms with E-state index in [-0.39, 0.29) is 0 Å². The van der Waals surface area contributed by atoms with Crippen molar-refractivity contribution in [2.75, 3.05) is 5.73 Å². The number of nitrogens with two attached hydrogens (primary N) is 1. The Balaban J connectivity index is 1.93. The van der Waals surface area contributed by atoms with E-state index >= 15 is 0 Å². The number of fused-ring (bicyclic) bond motifs is 3. The Labute approximate surface area is 151 Å². The SMILES string of the molecule is Nc1ccccc1-c1ccc(-c2ccccc2)c2c1[nH]c1ccccc12. The van der Waals surface area contributed by atoms with Gasteiger partial charge in [-0.15, -0.1) is 0 Å². The van der Waals surface area contributed by atoms with Crippen molar-refractivity contribution >= 4 is 27.5 Å². The van der Waals surface area contributed by atoms with Crippen molar-refractivity contribution in [2.24, 2.45) is 0 Å². The van der Waals surface area contributed by atoms with Crippen molar-refractivity contribution < 1.29 is 0 Å². The molecule has 0 spiro atoms. The van der Waals surface area contributed by atoms with Gasteiger partial charge >= 0.3 is 0 Å². The third kappa shape index (κ3) is 2.20. The maximum Gasteiger partial charge on any atom is 0.0551 e. The van der Waals surface area contributed by atoms with Gasteiger partial charge in [0.05, 0.1) is 5.52 Å². The molecule has 0 saturated heterocycles. The van der Waals surface area contributed by atoms with Crippen molar-refractivity contribution in [1.82, 2.24) is 4.98 Å². The minimum Gasteiger partial charge on any atom is -0.398 e. The van der Waals surface area contributed by atoms with Crippen LogP contribution < -0.4 is 5.73 Å². The predicted octanol–water partition coefficient (Wildman–Crippen LogP) is 6.24. The van der Waals surface area contributed by atoms with Crippen LogP contribution >= 0.6 is 0 Å². The summed E-state index contributed by atoms with van der Waals surface area (Å²) in [4.78, 5) is 3.63. The molecule has 0 atom stereocenters. The Kier molecular flexibility index (Phi) is 3.29. The van der Waals surface area contributed by atoms with Gasteiger partial charge in [0.1, 0.15) is 0 Å². The number of hydrogen-bond acceptors (Lipinski definition) is 1. The van der Waals surface area contributed by atoms with Crippen LogP contribution in [0.4, 0.5) is 5.69 Å². The number of nitrogens with one attached hydrogen (secondary N) is 1. The largest absolute Gasteiger partial charge is 0.398 e. The average molecular weight is 334 g/mol. The molecule has 26 heavy (non-hydrogen) atoms. The average Bonchev–Trinajstić information content (AvgIpc) is 3.08. The molecule has 0 saturated carbocycles. The summed E-state index contributed by atoms with van der Waals surface area (Å²) < 4.78 is 0. The molecule has 5 rings (SSSR count). The number of nitrogen functional groups attached to an aromatic ring is 1. The summed E-state index contributed by atoms with van der Waals surface area (Å²) in [5.74, 6) is 0. The molecule has 0 aliphatic carbocycles. The summed E-state index contributed by atoms with van der Waals surface area (Å²) in [5, 5.41) is 2.48. The molecule has 2 nitrogen and oxygen atoms in total. The second kappa shape index (κ2) is 5.78. The molecule has 2 heteroatoms. The van der Waals surface area contributed by atoms with Crippen molar-refractivity contribution in [3.8, 4) is 22.3 Å². The minimum absolute atomic E-state index is 0.792. The van der Waals surface area contributed by atoms with Crippen LogP contribution in [-0.2, 0) is 0 Å². The first-order valence-corrected chi connectivity index (χ1v) is 8.76. The van der Waals surface area contributed by atoms with Crippen LogP contribution in [-0.4, -0.2) is 4.98 Å². The lowest BCUT2D eigenvalue weighted by atomic mass is 9.94. The second-order valence-electron chi connectivity index (χ2n) is 6.53. The van der Waals surface area contributed by atoms with E-state index in [1.165, 1.54) is 21.9 Å². The first kappa shape index (κ1) is 14.8. The summed E-state index contributed by atoms with van der Waals surface area (Å²) in [7, 11) is 0. The Bertz CT molecular complexity index is 1230. The van der Waals surface area contributed by atoms with E-state index in [4.69, 9.17) is 5.73 Å². The van der Waals surface area contributed by atoms with Gasteiger partial charge < -0.3 is 10.7 Å². The van der Waals surface area contributed by atoms with Crippen LogP contribution in [0.2, 0.25) is 0 Å². The monoisotopic (exact) mass is 334 g/mol. The number of H-pyrrole nitrogens is 1. The van der Waals surface area contributed by atoms with Gasteiger partial charge in [-0.3, -0.25) is 0 Å². The lowest BCUT2D eigenvalue weighted by Gasteiger charge is -2.11. The molecule has 0 radical (unpaired) electrons. The van der Waals surface area contributed by atoms with E-state index in [1.807, 2.05) is 18.2 Å². The first-order chi connectivity index (χ1) is 12.8. The Morgan fingerprint density at radius 1 is 0.577 bits per heavy atom. The van der Waals surface area contributed by atoms with Crippen LogP contribution in [0.25, 0.3) is 44.1 Å². The van der Waals surface area contributed by atoms with Gasteiger partial charge in [0.15, 0.2) is 0 Å². The van der Waals surface area contributed by atoms with E-state index in [9.17, 15) is 0 Å². The van der Waals surface area contributed by atoms with Gasteiger partial charge in [-0.1, -0.05) is 78.9 Å². The van der Waals surface area contributed by atoms with E-state index in [2.05, 4.69) is 77.8 Å². The highest BCUT2D eigenvalue weighted by molar-refractivity contribution is 6.18. The van der Waals surface area contributed by atoms with E-state index in [1.54, 1.807) is 0 Å². The van der Waals surface area contributed by atoms with Gasteiger partial charge in [0, 0.05) is 33.1 Å². The van der Waals surface area contributed by atoms with Gasteiger partial charge in [0.25, 0.3) is 0 Å². The molecule has 1 heterocycles. The molecule has 0 aliphatic heterocycles. The fraction of sp³-hybridized carbons (Fsp3) is 0. The van der Waals surface area contributed by atoms with E-state index in [0.717, 1.165) is 27.8 Å². The van der Waals surface area contributed by atoms with Gasteiger partial charge in [-0.2, -0.15) is 0 Å². The number of benzene rings is 4. The van der Waals surface area contributed by atoms with Crippen molar-refractivity contribution in [3.05, 3.63) is 91.0 Å². The third-order valence-corrected chi connectivity index (χ3v) is 5.00. The standard InChI is InChI=1S/C24H18N2/c25-21-12-6-4-10-18(21)19-15-14-17(16-8-2-1-3-9-16)23-20-11-5-7-13-22(20)26-24(19)23/h1-15,26H,25H2. The Morgan fingerprint density at radius 2 is 1.27 bits per heavy atom. The van der Waals surface area contributed by atoms with Crippen LogP contribution in [0.5, 0.6) is 0 Å². The van der Waals surface area contributed by atoms with Gasteiger partial charge in [-0.25, -0.2) is 0 Å². The van der Waals surface area contributed by atoms with Crippen LogP contribution in [0, 0.1) is 0 Å². The molecule has 0 unspecified atom stereocenters. The van der Waals surface area contributed by atoms with Crippen LogP contribution in [0.1, 0.15) is 0 Å². The molecule has 1 aromatic heterocycles. The fourth-order valence-electron chi connectivity index (χ4n) is 3.78. The normalized spacial score (nSPS) is 11.2. The number of aromatic nitrogens is 1. The molecule has 3 N–H and O–H groups in total. The highest BCUT2D eigenvalue weighted by Gasteiger charge is 2.15. The van der Waals surface area contributed by atoms with E-state index in [0.29, 0.717) is 0 Å². The number of rotatable bonds is 2. The van der Waals surface area contributed by atoms with Gasteiger partial charge in [-0.05, 0) is 23.3 Å². The molecule has 124 valence electrons. The zero-order chi connectivity index (χ0) is 17.5. The zero-order valence-corrected chi connectivity index (χ0v) is 14.2. The smallest absolute Gasteiger partial charge is 0.0551 e. The molecular weight excluding hydrogens is 316 g/mol. The Hall–Kier alpha value is -3.52. The number of aromatic amines is 1. The number of anilines is 1. The van der Waals surface area contributed by atoms with Crippen molar-refractivity contribution in [3.63, 3.8) is 0 Å². The molecule has 0 bridgehead atoms. The lowest BCUT2D eigenvalue weighted by molar-refractivity contribution is 1.53.